The lowest BCUT2D eigenvalue weighted by Crippen LogP contribution is -2.50. The maximum atomic E-state index is 12.6. The van der Waals surface area contributed by atoms with Gasteiger partial charge in [-0.15, -0.1) is 0 Å². The molecular weight excluding hydrogens is 254 g/mol. The van der Waals surface area contributed by atoms with Crippen molar-refractivity contribution in [1.82, 2.24) is 4.90 Å². The SMILES string of the molecule is C[C@H]1Oc2ccccc2O[C@@H]1C(=O)N1CCCCCC1. The summed E-state index contributed by atoms with van der Waals surface area (Å²) in [5, 5.41) is 0. The average Bonchev–Trinajstić information content (AvgIpc) is 2.75. The molecule has 1 saturated heterocycles. The number of amides is 1. The van der Waals surface area contributed by atoms with Gasteiger partial charge in [0.15, 0.2) is 11.5 Å². The Morgan fingerprint density at radius 3 is 2.30 bits per heavy atom. The summed E-state index contributed by atoms with van der Waals surface area (Å²) in [5.41, 5.74) is 0. The van der Waals surface area contributed by atoms with E-state index >= 15 is 0 Å². The van der Waals surface area contributed by atoms with Crippen LogP contribution in [0.5, 0.6) is 11.5 Å². The molecule has 0 N–H and O–H groups in total. The number of rotatable bonds is 1. The zero-order valence-corrected chi connectivity index (χ0v) is 11.9. The van der Waals surface area contributed by atoms with Gasteiger partial charge in [0.05, 0.1) is 0 Å². The van der Waals surface area contributed by atoms with E-state index in [0.29, 0.717) is 5.75 Å². The van der Waals surface area contributed by atoms with Gasteiger partial charge in [-0.25, -0.2) is 0 Å². The van der Waals surface area contributed by atoms with Crippen LogP contribution in [0.3, 0.4) is 0 Å². The van der Waals surface area contributed by atoms with Gasteiger partial charge in [0.1, 0.15) is 6.10 Å². The van der Waals surface area contributed by atoms with E-state index in [1.54, 1.807) is 0 Å². The predicted octanol–water partition coefficient (Wildman–Crippen LogP) is 2.62. The summed E-state index contributed by atoms with van der Waals surface area (Å²) in [6, 6.07) is 7.53. The maximum Gasteiger partial charge on any atom is 0.267 e. The molecule has 1 fully saturated rings. The monoisotopic (exact) mass is 275 g/mol. The van der Waals surface area contributed by atoms with Crippen LogP contribution in [0, 0.1) is 0 Å². The summed E-state index contributed by atoms with van der Waals surface area (Å²) in [7, 11) is 0. The van der Waals surface area contributed by atoms with Gasteiger partial charge < -0.3 is 14.4 Å². The lowest BCUT2D eigenvalue weighted by atomic mass is 10.1. The normalized spacial score (nSPS) is 25.9. The van der Waals surface area contributed by atoms with Gasteiger partial charge in [-0.1, -0.05) is 25.0 Å². The van der Waals surface area contributed by atoms with E-state index in [1.807, 2.05) is 36.1 Å². The van der Waals surface area contributed by atoms with Gasteiger partial charge >= 0.3 is 0 Å². The fourth-order valence-electron chi connectivity index (χ4n) is 2.86. The number of likely N-dealkylation sites (tertiary alicyclic amines) is 1. The first kappa shape index (κ1) is 13.3. The number of fused-ring (bicyclic) bond motifs is 1. The number of ether oxygens (including phenoxy) is 2. The Bertz CT molecular complexity index is 480. The Balaban J connectivity index is 1.75. The van der Waals surface area contributed by atoms with E-state index in [-0.39, 0.29) is 12.0 Å². The number of carbonyl (C=O) groups excluding carboxylic acids is 1. The average molecular weight is 275 g/mol. The molecule has 1 amide bonds. The van der Waals surface area contributed by atoms with Crippen LogP contribution in [0.25, 0.3) is 0 Å². The summed E-state index contributed by atoms with van der Waals surface area (Å²) < 4.78 is 11.7. The van der Waals surface area contributed by atoms with Crippen molar-refractivity contribution < 1.29 is 14.3 Å². The van der Waals surface area contributed by atoms with Gasteiger partial charge in [0.2, 0.25) is 6.10 Å². The van der Waals surface area contributed by atoms with Crippen LogP contribution < -0.4 is 9.47 Å². The van der Waals surface area contributed by atoms with Crippen LogP contribution >= 0.6 is 0 Å². The van der Waals surface area contributed by atoms with Crippen LogP contribution in [0.15, 0.2) is 24.3 Å². The quantitative estimate of drug-likeness (QED) is 0.791. The lowest BCUT2D eigenvalue weighted by Gasteiger charge is -2.34. The van der Waals surface area contributed by atoms with Gasteiger partial charge in [-0.3, -0.25) is 4.79 Å². The van der Waals surface area contributed by atoms with Crippen LogP contribution in [-0.4, -0.2) is 36.1 Å². The fourth-order valence-corrected chi connectivity index (χ4v) is 2.86. The van der Waals surface area contributed by atoms with Crippen molar-refractivity contribution in [3.05, 3.63) is 24.3 Å². The van der Waals surface area contributed by atoms with Crippen LogP contribution in [0.2, 0.25) is 0 Å². The Morgan fingerprint density at radius 2 is 1.65 bits per heavy atom. The molecule has 0 spiro atoms. The van der Waals surface area contributed by atoms with Gasteiger partial charge in [-0.2, -0.15) is 0 Å². The highest BCUT2D eigenvalue weighted by Gasteiger charge is 2.36. The third-order valence-corrected chi connectivity index (χ3v) is 4.00. The molecule has 2 atom stereocenters. The third-order valence-electron chi connectivity index (χ3n) is 4.00. The van der Waals surface area contributed by atoms with Crippen LogP contribution in [-0.2, 0) is 4.79 Å². The predicted molar refractivity (Wildman–Crippen MR) is 76.0 cm³/mol. The number of hydrogen-bond acceptors (Lipinski definition) is 3. The molecule has 3 rings (SSSR count). The summed E-state index contributed by atoms with van der Waals surface area (Å²) in [6.45, 7) is 3.58. The molecule has 4 heteroatoms. The zero-order chi connectivity index (χ0) is 13.9. The topological polar surface area (TPSA) is 38.8 Å². The van der Waals surface area contributed by atoms with Crippen LogP contribution in [0.1, 0.15) is 32.6 Å². The molecule has 1 aromatic carbocycles. The molecule has 2 heterocycles. The molecule has 2 aliphatic heterocycles. The second-order valence-electron chi connectivity index (χ2n) is 5.55. The molecule has 1 aromatic rings. The second kappa shape index (κ2) is 5.73. The summed E-state index contributed by atoms with van der Waals surface area (Å²) >= 11 is 0. The Kier molecular flexibility index (Phi) is 3.81. The standard InChI is InChI=1S/C16H21NO3/c1-12-15(16(18)17-10-6-2-3-7-11-17)20-14-9-5-4-8-13(14)19-12/h4-5,8-9,12,15H,2-3,6-7,10-11H2,1H3/t12-,15+/m1/s1. The largest absolute Gasteiger partial charge is 0.482 e. The van der Waals surface area contributed by atoms with Crippen molar-refractivity contribution in [2.24, 2.45) is 0 Å². The molecule has 0 bridgehead atoms. The molecule has 108 valence electrons. The first-order valence-corrected chi connectivity index (χ1v) is 7.47. The first-order valence-electron chi connectivity index (χ1n) is 7.47. The Labute approximate surface area is 119 Å². The van der Waals surface area contributed by atoms with Crippen LogP contribution in [0.4, 0.5) is 0 Å². The zero-order valence-electron chi connectivity index (χ0n) is 11.9. The van der Waals surface area contributed by atoms with E-state index < -0.39 is 6.10 Å². The van der Waals surface area contributed by atoms with E-state index in [9.17, 15) is 4.79 Å². The molecule has 2 aliphatic rings. The Hall–Kier alpha value is -1.71. The molecule has 0 radical (unpaired) electrons. The van der Waals surface area contributed by atoms with Crippen molar-refractivity contribution in [2.75, 3.05) is 13.1 Å². The summed E-state index contributed by atoms with van der Waals surface area (Å²) in [4.78, 5) is 14.6. The highest BCUT2D eigenvalue weighted by Crippen LogP contribution is 2.34. The Morgan fingerprint density at radius 1 is 1.05 bits per heavy atom. The number of nitrogens with zero attached hydrogens (tertiary/aromatic N) is 1. The van der Waals surface area contributed by atoms with E-state index in [4.69, 9.17) is 9.47 Å². The fraction of sp³-hybridized carbons (Fsp3) is 0.562. The maximum absolute atomic E-state index is 12.6. The van der Waals surface area contributed by atoms with Crippen molar-refractivity contribution in [3.63, 3.8) is 0 Å². The molecular formula is C16H21NO3. The van der Waals surface area contributed by atoms with Crippen molar-refractivity contribution in [1.29, 1.82) is 0 Å². The highest BCUT2D eigenvalue weighted by atomic mass is 16.6. The number of para-hydroxylation sites is 2. The summed E-state index contributed by atoms with van der Waals surface area (Å²) in [5.74, 6) is 1.45. The van der Waals surface area contributed by atoms with Crippen molar-refractivity contribution in [3.8, 4) is 11.5 Å². The second-order valence-corrected chi connectivity index (χ2v) is 5.55. The smallest absolute Gasteiger partial charge is 0.267 e. The molecule has 4 nitrogen and oxygen atoms in total. The van der Waals surface area contributed by atoms with Gasteiger partial charge in [0, 0.05) is 13.1 Å². The molecule has 0 saturated carbocycles. The third kappa shape index (κ3) is 2.60. The van der Waals surface area contributed by atoms with E-state index in [1.165, 1.54) is 12.8 Å². The number of hydrogen-bond donors (Lipinski definition) is 0. The molecule has 0 unspecified atom stereocenters. The van der Waals surface area contributed by atoms with Gasteiger partial charge in [0.25, 0.3) is 5.91 Å². The molecule has 0 aromatic heterocycles. The number of benzene rings is 1. The minimum Gasteiger partial charge on any atom is -0.482 e. The van der Waals surface area contributed by atoms with E-state index in [0.717, 1.165) is 31.7 Å². The summed E-state index contributed by atoms with van der Waals surface area (Å²) in [6.07, 6.45) is 3.83. The lowest BCUT2D eigenvalue weighted by molar-refractivity contribution is -0.144. The minimum atomic E-state index is -0.525. The first-order chi connectivity index (χ1) is 9.75. The number of carbonyl (C=O) groups is 1. The molecule has 20 heavy (non-hydrogen) atoms. The molecule has 0 aliphatic carbocycles. The van der Waals surface area contributed by atoms with Crippen molar-refractivity contribution in [2.45, 2.75) is 44.8 Å². The minimum absolute atomic E-state index is 0.0638. The van der Waals surface area contributed by atoms with E-state index in [2.05, 4.69) is 0 Å². The highest BCUT2D eigenvalue weighted by molar-refractivity contribution is 5.82. The van der Waals surface area contributed by atoms with Gasteiger partial charge in [-0.05, 0) is 31.9 Å². The van der Waals surface area contributed by atoms with Crippen molar-refractivity contribution >= 4 is 5.91 Å².